The second-order valence-electron chi connectivity index (χ2n) is 4.94. The molecule has 0 heterocycles. The first-order valence-corrected chi connectivity index (χ1v) is 11.2. The Labute approximate surface area is 144 Å². The number of alkyl halides is 1. The fourth-order valence-electron chi connectivity index (χ4n) is 1.64. The van der Waals surface area contributed by atoms with E-state index in [9.17, 15) is 9.13 Å². The molecule has 0 atom stereocenters. The van der Waals surface area contributed by atoms with Crippen molar-refractivity contribution >= 4 is 33.0 Å². The van der Waals surface area contributed by atoms with Gasteiger partial charge >= 0.3 is 15.2 Å². The van der Waals surface area contributed by atoms with Gasteiger partial charge in [0.2, 0.25) is 0 Å². The van der Waals surface area contributed by atoms with E-state index in [4.69, 9.17) is 29.7 Å². The van der Waals surface area contributed by atoms with Crippen molar-refractivity contribution in [2.45, 2.75) is 51.9 Å². The van der Waals surface area contributed by atoms with Crippen molar-refractivity contribution in [2.24, 2.45) is 4.99 Å². The Kier molecular flexibility index (Phi) is 10.4. The smallest absolute Gasteiger partial charge is 0.307 e. The standard InChI is InChI=1S/C13H28ClNO6P2/c1-7-18-22(16,19-8-2)12(15-11-13(5,6)14)23(17,20-9-3)21-10-4/h11-12H,7-10H2,1-6H3/b15-11+. The van der Waals surface area contributed by atoms with Gasteiger partial charge in [-0.05, 0) is 41.5 Å². The van der Waals surface area contributed by atoms with E-state index < -0.39 is 25.6 Å². The highest BCUT2D eigenvalue weighted by molar-refractivity contribution is 7.72. The largest absolute Gasteiger partial charge is 0.367 e. The topological polar surface area (TPSA) is 83.4 Å². The Morgan fingerprint density at radius 3 is 1.43 bits per heavy atom. The highest BCUT2D eigenvalue weighted by atomic mass is 35.5. The van der Waals surface area contributed by atoms with E-state index in [0.29, 0.717) is 0 Å². The number of aliphatic imine (C=N–C) groups is 1. The van der Waals surface area contributed by atoms with Gasteiger partial charge in [0.1, 0.15) is 0 Å². The maximum Gasteiger partial charge on any atom is 0.367 e. The van der Waals surface area contributed by atoms with E-state index >= 15 is 0 Å². The molecule has 0 radical (unpaired) electrons. The quantitative estimate of drug-likeness (QED) is 0.267. The molecule has 0 N–H and O–H groups in total. The summed E-state index contributed by atoms with van der Waals surface area (Å²) in [4.78, 5) is 3.30. The van der Waals surface area contributed by atoms with Crippen LogP contribution in [0.25, 0.3) is 0 Å². The van der Waals surface area contributed by atoms with Gasteiger partial charge in [-0.3, -0.25) is 14.1 Å². The Morgan fingerprint density at radius 1 is 0.913 bits per heavy atom. The highest BCUT2D eigenvalue weighted by Crippen LogP contribution is 2.70. The Morgan fingerprint density at radius 2 is 1.22 bits per heavy atom. The first-order chi connectivity index (χ1) is 10.6. The van der Waals surface area contributed by atoms with Crippen molar-refractivity contribution < 1.29 is 27.2 Å². The number of hydrogen-bond acceptors (Lipinski definition) is 7. The molecule has 0 aliphatic heterocycles. The SMILES string of the molecule is CCOP(=O)(OCC)C(/N=C/C(C)(C)Cl)P(=O)(OCC)OCC. The van der Waals surface area contributed by atoms with Crippen LogP contribution in [0.2, 0.25) is 0 Å². The lowest BCUT2D eigenvalue weighted by Gasteiger charge is -2.29. The molecule has 138 valence electrons. The van der Waals surface area contributed by atoms with Crippen LogP contribution in [-0.4, -0.2) is 43.0 Å². The second kappa shape index (κ2) is 10.3. The number of halogens is 1. The summed E-state index contributed by atoms with van der Waals surface area (Å²) in [5.41, 5.74) is -1.42. The molecule has 7 nitrogen and oxygen atoms in total. The number of nitrogens with zero attached hydrogens (tertiary/aromatic N) is 1. The minimum Gasteiger partial charge on any atom is -0.307 e. The molecule has 0 rings (SSSR count). The van der Waals surface area contributed by atoms with Gasteiger partial charge in [0.05, 0.1) is 31.3 Å². The fraction of sp³-hybridized carbons (Fsp3) is 0.923. The van der Waals surface area contributed by atoms with Crippen molar-refractivity contribution in [2.75, 3.05) is 26.4 Å². The molecule has 10 heteroatoms. The Balaban J connectivity index is 6.00. The normalized spacial score (nSPS) is 14.1. The van der Waals surface area contributed by atoms with Crippen LogP contribution in [0.3, 0.4) is 0 Å². The summed E-state index contributed by atoms with van der Waals surface area (Å²) in [6.07, 6.45) is 1.34. The predicted molar refractivity (Wildman–Crippen MR) is 93.9 cm³/mol. The van der Waals surface area contributed by atoms with Gasteiger partial charge in [-0.25, -0.2) is 0 Å². The molecule has 0 amide bonds. The van der Waals surface area contributed by atoms with Gasteiger partial charge in [-0.1, -0.05) is 0 Å². The predicted octanol–water partition coefficient (Wildman–Crippen LogP) is 4.89. The molecule has 0 fully saturated rings. The average molecular weight is 392 g/mol. The molecule has 0 aliphatic carbocycles. The molecule has 0 aromatic rings. The zero-order chi connectivity index (χ0) is 18.1. The highest BCUT2D eigenvalue weighted by Gasteiger charge is 2.51. The first-order valence-electron chi connectivity index (χ1n) is 7.59. The minimum atomic E-state index is -3.87. The van der Waals surface area contributed by atoms with Crippen LogP contribution in [-0.2, 0) is 27.2 Å². The summed E-state index contributed by atoms with van der Waals surface area (Å²) < 4.78 is 47.3. The van der Waals surface area contributed by atoms with E-state index in [1.165, 1.54) is 6.21 Å². The molecule has 0 aromatic carbocycles. The summed E-state index contributed by atoms with van der Waals surface area (Å²) >= 11 is 6.09. The van der Waals surface area contributed by atoms with Crippen LogP contribution in [0.15, 0.2) is 4.99 Å². The maximum absolute atomic E-state index is 13.1. The van der Waals surface area contributed by atoms with Crippen molar-refractivity contribution in [3.63, 3.8) is 0 Å². The summed E-state index contributed by atoms with van der Waals surface area (Å²) in [5, 5.41) is 0. The molecular weight excluding hydrogens is 364 g/mol. The summed E-state index contributed by atoms with van der Waals surface area (Å²) in [7, 11) is -7.73. The van der Waals surface area contributed by atoms with E-state index in [1.54, 1.807) is 41.5 Å². The van der Waals surface area contributed by atoms with Crippen LogP contribution >= 0.6 is 26.8 Å². The van der Waals surface area contributed by atoms with Gasteiger partial charge < -0.3 is 18.1 Å². The van der Waals surface area contributed by atoms with Crippen molar-refractivity contribution in [1.82, 2.24) is 0 Å². The third-order valence-corrected chi connectivity index (χ3v) is 7.98. The fourth-order valence-corrected chi connectivity index (χ4v) is 6.47. The van der Waals surface area contributed by atoms with Gasteiger partial charge in [0.15, 0.2) is 0 Å². The third kappa shape index (κ3) is 7.78. The first kappa shape index (κ1) is 23.3. The third-order valence-electron chi connectivity index (χ3n) is 2.32. The minimum absolute atomic E-state index is 0.103. The molecule has 0 aromatic heterocycles. The van der Waals surface area contributed by atoms with Crippen molar-refractivity contribution in [3.05, 3.63) is 0 Å². The van der Waals surface area contributed by atoms with Crippen molar-refractivity contribution in [3.8, 4) is 0 Å². The lowest BCUT2D eigenvalue weighted by molar-refractivity contribution is 0.196. The van der Waals surface area contributed by atoms with E-state index in [-0.39, 0.29) is 26.4 Å². The second-order valence-corrected chi connectivity index (χ2v) is 10.5. The van der Waals surface area contributed by atoms with Gasteiger partial charge in [0, 0.05) is 6.21 Å². The van der Waals surface area contributed by atoms with Crippen molar-refractivity contribution in [1.29, 1.82) is 0 Å². The van der Waals surface area contributed by atoms with Crippen LogP contribution in [0.1, 0.15) is 41.5 Å². The van der Waals surface area contributed by atoms with Gasteiger partial charge in [0.25, 0.3) is 5.52 Å². The summed E-state index contributed by atoms with van der Waals surface area (Å²) in [6, 6.07) is 0. The van der Waals surface area contributed by atoms with Gasteiger partial charge in [-0.15, -0.1) is 11.6 Å². The van der Waals surface area contributed by atoms with Crippen LogP contribution < -0.4 is 0 Å². The van der Waals surface area contributed by atoms with E-state index in [1.807, 2.05) is 0 Å². The van der Waals surface area contributed by atoms with Gasteiger partial charge in [-0.2, -0.15) is 0 Å². The van der Waals surface area contributed by atoms with Crippen LogP contribution in [0.5, 0.6) is 0 Å². The Hall–Kier alpha value is 0.260. The van der Waals surface area contributed by atoms with E-state index in [0.717, 1.165) is 0 Å². The molecule has 0 saturated heterocycles. The van der Waals surface area contributed by atoms with Crippen LogP contribution in [0.4, 0.5) is 0 Å². The number of rotatable bonds is 12. The summed E-state index contributed by atoms with van der Waals surface area (Å²) in [5.74, 6) is 0. The lowest BCUT2D eigenvalue weighted by Crippen LogP contribution is -2.19. The maximum atomic E-state index is 13.1. The molecule has 0 aliphatic rings. The molecule has 0 saturated carbocycles. The number of hydrogen-bond donors (Lipinski definition) is 0. The van der Waals surface area contributed by atoms with E-state index in [2.05, 4.69) is 4.99 Å². The molecule has 0 unspecified atom stereocenters. The molecule has 0 spiro atoms. The monoisotopic (exact) mass is 391 g/mol. The zero-order valence-electron chi connectivity index (χ0n) is 14.7. The molecular formula is C13H28ClNO6P2. The molecule has 0 bridgehead atoms. The molecule has 23 heavy (non-hydrogen) atoms. The van der Waals surface area contributed by atoms with Crippen LogP contribution in [0, 0.1) is 0 Å². The lowest BCUT2D eigenvalue weighted by atomic mass is 10.2. The Bertz CT molecular complexity index is 416. The zero-order valence-corrected chi connectivity index (χ0v) is 17.2. The average Bonchev–Trinajstić information content (AvgIpc) is 2.38. The summed E-state index contributed by atoms with van der Waals surface area (Å²) in [6.45, 7) is 10.4.